The minimum Gasteiger partial charge on any atom is -0.506 e. The zero-order valence-corrected chi connectivity index (χ0v) is 13.0. The van der Waals surface area contributed by atoms with Gasteiger partial charge in [-0.2, -0.15) is 0 Å². The van der Waals surface area contributed by atoms with Gasteiger partial charge in [0.25, 0.3) is 0 Å². The van der Waals surface area contributed by atoms with E-state index in [9.17, 15) is 5.11 Å². The third kappa shape index (κ3) is 3.60. The molecule has 5 heteroatoms. The first-order valence-corrected chi connectivity index (χ1v) is 7.42. The predicted octanol–water partition coefficient (Wildman–Crippen LogP) is 5.88. The van der Waals surface area contributed by atoms with Gasteiger partial charge in [-0.05, 0) is 5.92 Å². The molecule has 1 aromatic rings. The summed E-state index contributed by atoms with van der Waals surface area (Å²) in [4.78, 5) is 0.740. The molecule has 0 aliphatic heterocycles. The number of aromatic hydroxyl groups is 1. The minimum atomic E-state index is -0.0813. The van der Waals surface area contributed by atoms with E-state index in [2.05, 4.69) is 20.8 Å². The lowest BCUT2D eigenvalue weighted by molar-refractivity contribution is 0.475. The van der Waals surface area contributed by atoms with Crippen LogP contribution < -0.4 is 0 Å². The summed E-state index contributed by atoms with van der Waals surface area (Å²) < 4.78 is 0. The Kier molecular flexibility index (Phi) is 5.78. The van der Waals surface area contributed by atoms with E-state index >= 15 is 0 Å². The highest BCUT2D eigenvalue weighted by Crippen LogP contribution is 2.45. The van der Waals surface area contributed by atoms with Crippen LogP contribution >= 0.6 is 46.6 Å². The molecule has 0 aliphatic carbocycles. The number of benzene rings is 1. The fraction of sp³-hybridized carbons (Fsp3) is 0.500. The lowest BCUT2D eigenvalue weighted by Crippen LogP contribution is -2.08. The van der Waals surface area contributed by atoms with Crippen molar-refractivity contribution in [2.24, 2.45) is 5.92 Å². The van der Waals surface area contributed by atoms with Crippen molar-refractivity contribution in [1.82, 2.24) is 0 Å². The van der Waals surface area contributed by atoms with Crippen LogP contribution in [0.1, 0.15) is 27.2 Å². The van der Waals surface area contributed by atoms with Crippen molar-refractivity contribution in [1.29, 1.82) is 0 Å². The molecule has 1 nitrogen and oxygen atoms in total. The van der Waals surface area contributed by atoms with Crippen LogP contribution in [0, 0.1) is 5.92 Å². The van der Waals surface area contributed by atoms with E-state index in [1.165, 1.54) is 6.07 Å². The van der Waals surface area contributed by atoms with Crippen LogP contribution in [-0.2, 0) is 0 Å². The minimum absolute atomic E-state index is 0.0813. The van der Waals surface area contributed by atoms with Crippen molar-refractivity contribution in [3.8, 4) is 5.75 Å². The molecule has 2 atom stereocenters. The molecule has 1 N–H and O–H groups in total. The average molecular weight is 314 g/mol. The van der Waals surface area contributed by atoms with Crippen LogP contribution in [0.3, 0.4) is 0 Å². The number of hydrogen-bond acceptors (Lipinski definition) is 2. The second-order valence-electron chi connectivity index (χ2n) is 4.04. The second kappa shape index (κ2) is 6.42. The van der Waals surface area contributed by atoms with Crippen LogP contribution in [0.5, 0.6) is 5.75 Å². The van der Waals surface area contributed by atoms with Gasteiger partial charge in [0.1, 0.15) is 10.8 Å². The molecule has 0 amide bonds. The van der Waals surface area contributed by atoms with Gasteiger partial charge in [0.15, 0.2) is 0 Å². The molecule has 0 aromatic heterocycles. The normalized spacial score (nSPS) is 14.7. The summed E-state index contributed by atoms with van der Waals surface area (Å²) in [5.74, 6) is 0.474. The quantitative estimate of drug-likeness (QED) is 0.553. The van der Waals surface area contributed by atoms with Gasteiger partial charge in [-0.25, -0.2) is 0 Å². The third-order valence-corrected chi connectivity index (χ3v) is 5.72. The molecule has 0 aliphatic rings. The molecular formula is C12H15Cl3OS. The summed E-state index contributed by atoms with van der Waals surface area (Å²) in [6.45, 7) is 6.46. The number of rotatable bonds is 4. The number of phenols is 1. The third-order valence-electron chi connectivity index (χ3n) is 2.85. The molecule has 0 fully saturated rings. The predicted molar refractivity (Wildman–Crippen MR) is 77.9 cm³/mol. The van der Waals surface area contributed by atoms with E-state index in [4.69, 9.17) is 34.8 Å². The summed E-state index contributed by atoms with van der Waals surface area (Å²) in [7, 11) is 0. The second-order valence-corrected chi connectivity index (χ2v) is 6.59. The van der Waals surface area contributed by atoms with E-state index in [1.807, 2.05) is 0 Å². The van der Waals surface area contributed by atoms with E-state index in [0.29, 0.717) is 21.2 Å². The lowest BCUT2D eigenvalue weighted by Gasteiger charge is -2.19. The van der Waals surface area contributed by atoms with Gasteiger partial charge in [0, 0.05) is 16.2 Å². The van der Waals surface area contributed by atoms with E-state index in [0.717, 1.165) is 11.3 Å². The summed E-state index contributed by atoms with van der Waals surface area (Å²) in [6, 6.07) is 1.43. The largest absolute Gasteiger partial charge is 0.506 e. The molecule has 0 heterocycles. The zero-order chi connectivity index (χ0) is 13.2. The maximum atomic E-state index is 9.48. The SMILES string of the molecule is CCC(C)C(C)Sc1c(Cl)cc(O)c(Cl)c1Cl. The summed E-state index contributed by atoms with van der Waals surface area (Å²) in [6.07, 6.45) is 1.09. The molecule has 17 heavy (non-hydrogen) atoms. The van der Waals surface area contributed by atoms with Gasteiger partial charge in [-0.3, -0.25) is 0 Å². The Bertz CT molecular complexity index is 409. The number of phenolic OH excluding ortho intramolecular Hbond substituents is 1. The maximum Gasteiger partial charge on any atom is 0.137 e. The molecule has 96 valence electrons. The Hall–Kier alpha value is 0.240. The Morgan fingerprint density at radius 2 is 1.82 bits per heavy atom. The first-order chi connectivity index (χ1) is 7.88. The van der Waals surface area contributed by atoms with Crippen molar-refractivity contribution >= 4 is 46.6 Å². The molecule has 0 radical (unpaired) electrons. The summed E-state index contributed by atoms with van der Waals surface area (Å²) >= 11 is 19.7. The molecule has 0 saturated heterocycles. The van der Waals surface area contributed by atoms with Crippen molar-refractivity contribution in [3.05, 3.63) is 21.1 Å². The van der Waals surface area contributed by atoms with Gasteiger partial charge in [-0.15, -0.1) is 11.8 Å². The Morgan fingerprint density at radius 1 is 1.24 bits per heavy atom. The summed E-state index contributed by atoms with van der Waals surface area (Å²) in [5.41, 5.74) is 0. The number of halogens is 3. The Balaban J connectivity index is 3.03. The molecule has 0 bridgehead atoms. The standard InChI is InChI=1S/C12H15Cl3OS/c1-4-6(2)7(3)17-12-8(13)5-9(16)10(14)11(12)15/h5-7,16H,4H2,1-3H3. The van der Waals surface area contributed by atoms with Gasteiger partial charge >= 0.3 is 0 Å². The maximum absolute atomic E-state index is 9.48. The van der Waals surface area contributed by atoms with Crippen LogP contribution in [0.25, 0.3) is 0 Å². The van der Waals surface area contributed by atoms with Gasteiger partial charge in [0.05, 0.1) is 10.0 Å². The highest BCUT2D eigenvalue weighted by Gasteiger charge is 2.19. The first kappa shape index (κ1) is 15.3. The highest BCUT2D eigenvalue weighted by atomic mass is 35.5. The highest BCUT2D eigenvalue weighted by molar-refractivity contribution is 8.00. The molecular weight excluding hydrogens is 299 g/mol. The number of hydrogen-bond donors (Lipinski definition) is 1. The fourth-order valence-electron chi connectivity index (χ4n) is 1.31. The van der Waals surface area contributed by atoms with Crippen molar-refractivity contribution < 1.29 is 5.11 Å². The van der Waals surface area contributed by atoms with Crippen molar-refractivity contribution in [2.45, 2.75) is 37.3 Å². The number of thioether (sulfide) groups is 1. The van der Waals surface area contributed by atoms with Crippen LogP contribution in [0.15, 0.2) is 11.0 Å². The Labute approximate surface area is 121 Å². The van der Waals surface area contributed by atoms with Gasteiger partial charge < -0.3 is 5.11 Å². The van der Waals surface area contributed by atoms with Gasteiger partial charge in [0.2, 0.25) is 0 Å². The Morgan fingerprint density at radius 3 is 2.35 bits per heavy atom. The molecule has 2 unspecified atom stereocenters. The fourth-order valence-corrected chi connectivity index (χ4v) is 3.40. The van der Waals surface area contributed by atoms with E-state index < -0.39 is 0 Å². The average Bonchev–Trinajstić information content (AvgIpc) is 2.30. The lowest BCUT2D eigenvalue weighted by atomic mass is 10.1. The van der Waals surface area contributed by atoms with Crippen LogP contribution in [0.4, 0.5) is 0 Å². The molecule has 0 saturated carbocycles. The summed E-state index contributed by atoms with van der Waals surface area (Å²) in [5, 5.41) is 10.8. The molecule has 1 aromatic carbocycles. The monoisotopic (exact) mass is 312 g/mol. The van der Waals surface area contributed by atoms with Crippen LogP contribution in [0.2, 0.25) is 15.1 Å². The molecule has 1 rings (SSSR count). The smallest absolute Gasteiger partial charge is 0.137 e. The first-order valence-electron chi connectivity index (χ1n) is 5.41. The topological polar surface area (TPSA) is 20.2 Å². The molecule has 0 spiro atoms. The van der Waals surface area contributed by atoms with Crippen LogP contribution in [-0.4, -0.2) is 10.4 Å². The van der Waals surface area contributed by atoms with Crippen molar-refractivity contribution in [3.63, 3.8) is 0 Å². The van der Waals surface area contributed by atoms with E-state index in [1.54, 1.807) is 11.8 Å². The van der Waals surface area contributed by atoms with Crippen molar-refractivity contribution in [2.75, 3.05) is 0 Å². The van der Waals surface area contributed by atoms with E-state index in [-0.39, 0.29) is 10.8 Å². The zero-order valence-electron chi connectivity index (χ0n) is 9.93. The van der Waals surface area contributed by atoms with Gasteiger partial charge in [-0.1, -0.05) is 62.0 Å².